The summed E-state index contributed by atoms with van der Waals surface area (Å²) in [5.41, 5.74) is -0.465. The maximum Gasteiger partial charge on any atom is 0.416 e. The second kappa shape index (κ2) is 7.46. The van der Waals surface area contributed by atoms with Crippen LogP contribution < -0.4 is 0 Å². The van der Waals surface area contributed by atoms with Crippen LogP contribution >= 0.6 is 0 Å². The van der Waals surface area contributed by atoms with E-state index in [2.05, 4.69) is 0 Å². The first-order valence-electron chi connectivity index (χ1n) is 6.99. The summed E-state index contributed by atoms with van der Waals surface area (Å²) in [4.78, 5) is 0. The Balaban J connectivity index is 1.89. The van der Waals surface area contributed by atoms with Gasteiger partial charge in [-0.1, -0.05) is 24.3 Å². The van der Waals surface area contributed by atoms with Gasteiger partial charge in [0.05, 0.1) is 23.7 Å². The largest absolute Gasteiger partial charge is 0.473 e. The average Bonchev–Trinajstić information content (AvgIpc) is 2.54. The van der Waals surface area contributed by atoms with E-state index in [4.69, 9.17) is 4.74 Å². The fourth-order valence-corrected chi connectivity index (χ4v) is 1.85. The maximum absolute atomic E-state index is 12.4. The highest BCUT2D eigenvalue weighted by atomic mass is 19.4. The van der Waals surface area contributed by atoms with Crippen LogP contribution in [-0.2, 0) is 17.1 Å². The molecule has 132 valence electrons. The van der Waals surface area contributed by atoms with Crippen molar-refractivity contribution in [2.24, 2.45) is 0 Å². The van der Waals surface area contributed by atoms with E-state index in [0.29, 0.717) is 11.1 Å². The molecule has 0 amide bonds. The average molecular weight is 358 g/mol. The van der Waals surface area contributed by atoms with Crippen LogP contribution in [-0.4, -0.2) is 0 Å². The zero-order valence-electron chi connectivity index (χ0n) is 12.6. The van der Waals surface area contributed by atoms with E-state index in [1.807, 2.05) is 0 Å². The van der Waals surface area contributed by atoms with Gasteiger partial charge in [0.1, 0.15) is 0 Å². The Morgan fingerprint density at radius 2 is 0.880 bits per heavy atom. The van der Waals surface area contributed by atoms with E-state index < -0.39 is 23.5 Å². The van der Waals surface area contributed by atoms with E-state index in [0.717, 1.165) is 24.3 Å². The lowest BCUT2D eigenvalue weighted by Crippen LogP contribution is -2.03. The molecule has 7 heteroatoms. The third-order valence-electron chi connectivity index (χ3n) is 3.15. The van der Waals surface area contributed by atoms with Crippen molar-refractivity contribution in [3.63, 3.8) is 0 Å². The molecule has 0 fully saturated rings. The Morgan fingerprint density at radius 3 is 1.16 bits per heavy atom. The summed E-state index contributed by atoms with van der Waals surface area (Å²) in [6.07, 6.45) is -3.35. The summed E-state index contributed by atoms with van der Waals surface area (Å²) >= 11 is 0. The van der Waals surface area contributed by atoms with Gasteiger partial charge in [0, 0.05) is 0 Å². The second-order valence-electron chi connectivity index (χ2n) is 4.98. The minimum Gasteiger partial charge on any atom is -0.473 e. The smallest absolute Gasteiger partial charge is 0.416 e. The first-order valence-corrected chi connectivity index (χ1v) is 6.99. The van der Waals surface area contributed by atoms with E-state index in [1.54, 1.807) is 0 Å². The lowest BCUT2D eigenvalue weighted by atomic mass is 10.1. The van der Waals surface area contributed by atoms with Crippen LogP contribution in [0.25, 0.3) is 12.2 Å². The second-order valence-corrected chi connectivity index (χ2v) is 4.98. The first-order chi connectivity index (χ1) is 11.7. The van der Waals surface area contributed by atoms with Crippen molar-refractivity contribution in [2.75, 3.05) is 0 Å². The molecule has 0 heterocycles. The van der Waals surface area contributed by atoms with E-state index in [9.17, 15) is 26.3 Å². The Morgan fingerprint density at radius 1 is 0.560 bits per heavy atom. The SMILES string of the molecule is FC(F)(F)c1ccc(C=COC=Cc2ccc(C(F)(F)F)cc2)cc1. The van der Waals surface area contributed by atoms with Crippen LogP contribution in [0, 0.1) is 0 Å². The molecule has 1 nitrogen and oxygen atoms in total. The minimum atomic E-state index is -4.39. The van der Waals surface area contributed by atoms with Crippen LogP contribution in [0.2, 0.25) is 0 Å². The predicted octanol–water partition coefficient (Wildman–Crippen LogP) is 6.38. The molecule has 0 spiro atoms. The van der Waals surface area contributed by atoms with Gasteiger partial charge >= 0.3 is 12.4 Å². The summed E-state index contributed by atoms with van der Waals surface area (Å²) < 4.78 is 79.5. The quantitative estimate of drug-likeness (QED) is 0.455. The third kappa shape index (κ3) is 5.70. The molecule has 2 rings (SSSR count). The fraction of sp³-hybridized carbons (Fsp3) is 0.111. The summed E-state index contributed by atoms with van der Waals surface area (Å²) in [6.45, 7) is 0. The van der Waals surface area contributed by atoms with Crippen molar-refractivity contribution in [1.82, 2.24) is 0 Å². The highest BCUT2D eigenvalue weighted by molar-refractivity contribution is 5.51. The lowest BCUT2D eigenvalue weighted by molar-refractivity contribution is -0.138. The number of hydrogen-bond donors (Lipinski definition) is 0. The monoisotopic (exact) mass is 358 g/mol. The molecule has 0 aliphatic heterocycles. The van der Waals surface area contributed by atoms with Crippen molar-refractivity contribution in [3.8, 4) is 0 Å². The van der Waals surface area contributed by atoms with E-state index in [-0.39, 0.29) is 0 Å². The Hall–Kier alpha value is -2.70. The van der Waals surface area contributed by atoms with Crippen molar-refractivity contribution in [2.45, 2.75) is 12.4 Å². The van der Waals surface area contributed by atoms with Crippen LogP contribution in [0.5, 0.6) is 0 Å². The first kappa shape index (κ1) is 18.6. The Kier molecular flexibility index (Phi) is 5.56. The van der Waals surface area contributed by atoms with Crippen LogP contribution in [0.3, 0.4) is 0 Å². The van der Waals surface area contributed by atoms with Crippen molar-refractivity contribution < 1.29 is 31.1 Å². The summed E-state index contributed by atoms with van der Waals surface area (Å²) in [5.74, 6) is 0. The van der Waals surface area contributed by atoms with Crippen LogP contribution in [0.1, 0.15) is 22.3 Å². The molecule has 0 bridgehead atoms. The summed E-state index contributed by atoms with van der Waals surface area (Å²) in [6, 6.07) is 9.00. The van der Waals surface area contributed by atoms with Gasteiger partial charge in [-0.3, -0.25) is 0 Å². The zero-order valence-corrected chi connectivity index (χ0v) is 12.6. The molecule has 2 aromatic carbocycles. The molecule has 0 aliphatic carbocycles. The van der Waals surface area contributed by atoms with Gasteiger partial charge in [-0.2, -0.15) is 26.3 Å². The molecule has 0 unspecified atom stereocenters. The van der Waals surface area contributed by atoms with Gasteiger partial charge in [0.25, 0.3) is 0 Å². The van der Waals surface area contributed by atoms with Gasteiger partial charge in [-0.25, -0.2) is 0 Å². The normalized spacial score (nSPS) is 12.9. The molecule has 0 radical (unpaired) electrons. The molecule has 0 atom stereocenters. The van der Waals surface area contributed by atoms with Crippen LogP contribution in [0.4, 0.5) is 26.3 Å². The topological polar surface area (TPSA) is 9.23 Å². The summed E-state index contributed by atoms with van der Waals surface area (Å²) in [7, 11) is 0. The molecule has 0 saturated carbocycles. The molecule has 0 aromatic heterocycles. The van der Waals surface area contributed by atoms with Gasteiger partial charge < -0.3 is 4.74 Å². The molecule has 25 heavy (non-hydrogen) atoms. The molecule has 0 N–H and O–H groups in total. The maximum atomic E-state index is 12.4. The summed E-state index contributed by atoms with van der Waals surface area (Å²) in [5, 5.41) is 0. The van der Waals surface area contributed by atoms with E-state index in [1.165, 1.54) is 48.9 Å². The molecule has 0 saturated heterocycles. The zero-order chi connectivity index (χ0) is 18.5. The minimum absolute atomic E-state index is 0.510. The van der Waals surface area contributed by atoms with Gasteiger partial charge in [-0.15, -0.1) is 0 Å². The van der Waals surface area contributed by atoms with Crippen LogP contribution in [0.15, 0.2) is 61.1 Å². The highest BCUT2D eigenvalue weighted by Gasteiger charge is 2.30. The van der Waals surface area contributed by atoms with Crippen molar-refractivity contribution in [3.05, 3.63) is 83.3 Å². The fourth-order valence-electron chi connectivity index (χ4n) is 1.85. The lowest BCUT2D eigenvalue weighted by Gasteiger charge is -2.06. The number of alkyl halides is 6. The highest BCUT2D eigenvalue weighted by Crippen LogP contribution is 2.30. The number of rotatable bonds is 4. The standard InChI is InChI=1S/C18H12F6O/c19-17(20,21)15-5-1-13(2-6-15)9-11-25-12-10-14-3-7-16(8-4-14)18(22,23)24/h1-12H. The predicted molar refractivity (Wildman–Crippen MR) is 82.0 cm³/mol. The van der Waals surface area contributed by atoms with Gasteiger partial charge in [0.2, 0.25) is 0 Å². The third-order valence-corrected chi connectivity index (χ3v) is 3.15. The number of ether oxygens (including phenoxy) is 1. The van der Waals surface area contributed by atoms with E-state index >= 15 is 0 Å². The van der Waals surface area contributed by atoms with Crippen molar-refractivity contribution in [1.29, 1.82) is 0 Å². The molecule has 0 aliphatic rings. The van der Waals surface area contributed by atoms with Gasteiger partial charge in [-0.05, 0) is 47.5 Å². The number of hydrogen-bond acceptors (Lipinski definition) is 1. The Bertz CT molecular complexity index is 672. The molecular weight excluding hydrogens is 346 g/mol. The molecular formula is C18H12F6O. The number of benzene rings is 2. The number of halogens is 6. The Labute approximate surface area is 139 Å². The van der Waals surface area contributed by atoms with Gasteiger partial charge in [0.15, 0.2) is 0 Å². The van der Waals surface area contributed by atoms with Crippen molar-refractivity contribution >= 4 is 12.2 Å². The molecule has 2 aromatic rings.